The van der Waals surface area contributed by atoms with Crippen molar-refractivity contribution in [3.05, 3.63) is 29.8 Å². The van der Waals surface area contributed by atoms with Crippen molar-refractivity contribution in [1.29, 1.82) is 0 Å². The molecule has 0 bridgehead atoms. The van der Waals surface area contributed by atoms with E-state index in [1.54, 1.807) is 12.1 Å². The van der Waals surface area contributed by atoms with Gasteiger partial charge in [-0.05, 0) is 50.3 Å². The molecular weight excluding hydrogens is 282 g/mol. The topological polar surface area (TPSA) is 15.3 Å². The molecule has 1 aromatic rings. The zero-order chi connectivity index (χ0) is 15.4. The molecule has 1 saturated carbocycles. The van der Waals surface area contributed by atoms with Crippen LogP contribution in [-0.2, 0) is 0 Å². The van der Waals surface area contributed by atoms with E-state index in [4.69, 9.17) is 0 Å². The van der Waals surface area contributed by atoms with Gasteiger partial charge in [-0.15, -0.1) is 0 Å². The highest BCUT2D eigenvalue weighted by atomic mass is 19.2. The van der Waals surface area contributed by atoms with Gasteiger partial charge in [0.1, 0.15) is 0 Å². The summed E-state index contributed by atoms with van der Waals surface area (Å²) in [6.07, 6.45) is 8.92. The predicted molar refractivity (Wildman–Crippen MR) is 86.2 cm³/mol. The minimum Gasteiger partial charge on any atom is -0.368 e. The van der Waals surface area contributed by atoms with Crippen LogP contribution in [-0.4, -0.2) is 25.7 Å². The van der Waals surface area contributed by atoms with Crippen molar-refractivity contribution >= 4 is 5.69 Å². The minimum atomic E-state index is -0.755. The van der Waals surface area contributed by atoms with Crippen molar-refractivity contribution in [2.75, 3.05) is 24.5 Å². The summed E-state index contributed by atoms with van der Waals surface area (Å²) >= 11 is 0. The summed E-state index contributed by atoms with van der Waals surface area (Å²) in [6, 6.07) is 4.84. The molecule has 1 N–H and O–H groups in total. The highest BCUT2D eigenvalue weighted by molar-refractivity contribution is 5.48. The number of anilines is 1. The van der Waals surface area contributed by atoms with Crippen LogP contribution in [0.2, 0.25) is 0 Å². The van der Waals surface area contributed by atoms with E-state index < -0.39 is 11.6 Å². The van der Waals surface area contributed by atoms with Crippen LogP contribution in [0.4, 0.5) is 14.5 Å². The van der Waals surface area contributed by atoms with Gasteiger partial charge in [0.2, 0.25) is 0 Å². The summed E-state index contributed by atoms with van der Waals surface area (Å²) in [5, 5.41) is 3.67. The van der Waals surface area contributed by atoms with Crippen LogP contribution < -0.4 is 10.2 Å². The zero-order valence-corrected chi connectivity index (χ0v) is 13.2. The molecule has 3 rings (SSSR count). The van der Waals surface area contributed by atoms with E-state index in [9.17, 15) is 8.78 Å². The number of nitrogens with one attached hydrogen (secondary N) is 1. The first-order valence-corrected chi connectivity index (χ1v) is 8.66. The van der Waals surface area contributed by atoms with Crippen molar-refractivity contribution in [2.45, 2.75) is 51.0 Å². The summed E-state index contributed by atoms with van der Waals surface area (Å²) in [6.45, 7) is 2.65. The highest BCUT2D eigenvalue weighted by Crippen LogP contribution is 2.26. The summed E-state index contributed by atoms with van der Waals surface area (Å²) in [5.74, 6) is -0.666. The van der Waals surface area contributed by atoms with Crippen LogP contribution in [0.25, 0.3) is 0 Å². The second-order valence-corrected chi connectivity index (χ2v) is 6.77. The molecule has 22 heavy (non-hydrogen) atoms. The fourth-order valence-electron chi connectivity index (χ4n) is 3.82. The quantitative estimate of drug-likeness (QED) is 0.901. The number of benzene rings is 1. The Bertz CT molecular complexity index is 486. The molecule has 1 aliphatic carbocycles. The summed E-state index contributed by atoms with van der Waals surface area (Å²) in [7, 11) is 0. The molecule has 0 radical (unpaired) electrons. The zero-order valence-electron chi connectivity index (χ0n) is 13.2. The number of hydrogen-bond acceptors (Lipinski definition) is 2. The lowest BCUT2D eigenvalue weighted by Crippen LogP contribution is -2.47. The van der Waals surface area contributed by atoms with Crippen LogP contribution >= 0.6 is 0 Å². The number of halogens is 2. The predicted octanol–water partition coefficient (Wildman–Crippen LogP) is 4.10. The van der Waals surface area contributed by atoms with Crippen molar-refractivity contribution in [3.8, 4) is 0 Å². The molecule has 4 heteroatoms. The van der Waals surface area contributed by atoms with E-state index in [1.165, 1.54) is 38.2 Å². The largest absolute Gasteiger partial charge is 0.368 e. The van der Waals surface area contributed by atoms with Gasteiger partial charge in [-0.3, -0.25) is 0 Å². The molecule has 0 spiro atoms. The molecule has 1 saturated heterocycles. The Morgan fingerprint density at radius 1 is 1.05 bits per heavy atom. The van der Waals surface area contributed by atoms with Crippen LogP contribution in [0.5, 0.6) is 0 Å². The van der Waals surface area contributed by atoms with Crippen molar-refractivity contribution < 1.29 is 8.78 Å². The van der Waals surface area contributed by atoms with Crippen LogP contribution in [0, 0.1) is 17.6 Å². The molecule has 1 aromatic carbocycles. The van der Waals surface area contributed by atoms with E-state index in [-0.39, 0.29) is 0 Å². The lowest BCUT2D eigenvalue weighted by molar-refractivity contribution is 0.314. The minimum absolute atomic E-state index is 0.387. The second kappa shape index (κ2) is 7.40. The van der Waals surface area contributed by atoms with Gasteiger partial charge in [-0.25, -0.2) is 8.78 Å². The smallest absolute Gasteiger partial charge is 0.182 e. The van der Waals surface area contributed by atoms with Crippen LogP contribution in [0.3, 0.4) is 0 Å². The van der Waals surface area contributed by atoms with Gasteiger partial charge in [0.15, 0.2) is 11.6 Å². The third-order valence-electron chi connectivity index (χ3n) is 5.11. The lowest BCUT2D eigenvalue weighted by Gasteiger charge is -2.36. The molecule has 1 heterocycles. The van der Waals surface area contributed by atoms with Gasteiger partial charge < -0.3 is 10.2 Å². The Morgan fingerprint density at radius 2 is 1.86 bits per heavy atom. The first kappa shape index (κ1) is 15.7. The van der Waals surface area contributed by atoms with Crippen molar-refractivity contribution in [3.63, 3.8) is 0 Å². The first-order chi connectivity index (χ1) is 10.7. The Kier molecular flexibility index (Phi) is 5.29. The average molecular weight is 308 g/mol. The fraction of sp³-hybridized carbons (Fsp3) is 0.667. The summed E-state index contributed by atoms with van der Waals surface area (Å²) < 4.78 is 27.4. The number of rotatable bonds is 4. The Morgan fingerprint density at radius 3 is 2.68 bits per heavy atom. The lowest BCUT2D eigenvalue weighted by atomic mass is 9.89. The maximum Gasteiger partial charge on any atom is 0.182 e. The normalized spacial score (nSPS) is 23.7. The van der Waals surface area contributed by atoms with E-state index in [0.717, 1.165) is 38.4 Å². The van der Waals surface area contributed by atoms with Gasteiger partial charge >= 0.3 is 0 Å². The Hall–Kier alpha value is -1.16. The second-order valence-electron chi connectivity index (χ2n) is 6.77. The number of piperidine rings is 1. The molecule has 2 aliphatic rings. The van der Waals surface area contributed by atoms with E-state index >= 15 is 0 Å². The molecule has 1 unspecified atom stereocenters. The van der Waals surface area contributed by atoms with Crippen molar-refractivity contribution in [2.24, 2.45) is 5.92 Å². The van der Waals surface area contributed by atoms with Gasteiger partial charge in [-0.1, -0.05) is 25.3 Å². The van der Waals surface area contributed by atoms with Crippen molar-refractivity contribution in [1.82, 2.24) is 5.32 Å². The number of nitrogens with zero attached hydrogens (tertiary/aromatic N) is 1. The fourth-order valence-corrected chi connectivity index (χ4v) is 3.82. The molecule has 2 fully saturated rings. The third-order valence-corrected chi connectivity index (χ3v) is 5.11. The molecule has 1 atom stereocenters. The van der Waals surface area contributed by atoms with E-state index in [1.807, 2.05) is 4.90 Å². The van der Waals surface area contributed by atoms with Gasteiger partial charge in [-0.2, -0.15) is 0 Å². The molecule has 2 nitrogen and oxygen atoms in total. The highest BCUT2D eigenvalue weighted by Gasteiger charge is 2.24. The maximum atomic E-state index is 14.0. The monoisotopic (exact) mass is 308 g/mol. The van der Waals surface area contributed by atoms with Gasteiger partial charge in [0.25, 0.3) is 0 Å². The van der Waals surface area contributed by atoms with Crippen LogP contribution in [0.1, 0.15) is 44.9 Å². The summed E-state index contributed by atoms with van der Waals surface area (Å²) in [4.78, 5) is 1.99. The first-order valence-electron chi connectivity index (χ1n) is 8.66. The number of hydrogen-bond donors (Lipinski definition) is 1. The molecular formula is C18H26F2N2. The average Bonchev–Trinajstić information content (AvgIpc) is 2.57. The van der Waals surface area contributed by atoms with E-state index in [0.29, 0.717) is 11.7 Å². The Balaban J connectivity index is 1.55. The molecule has 122 valence electrons. The standard InChI is InChI=1S/C18H26F2N2/c19-16-9-4-10-17(18(16)20)22-11-5-8-15(13-22)21-12-14-6-2-1-3-7-14/h4,9-10,14-15,21H,1-3,5-8,11-13H2. The van der Waals surface area contributed by atoms with Crippen LogP contribution in [0.15, 0.2) is 18.2 Å². The molecule has 1 aliphatic heterocycles. The molecule has 0 amide bonds. The van der Waals surface area contributed by atoms with Gasteiger partial charge in [0.05, 0.1) is 5.69 Å². The maximum absolute atomic E-state index is 14.0. The third kappa shape index (κ3) is 3.78. The molecule has 0 aromatic heterocycles. The summed E-state index contributed by atoms with van der Waals surface area (Å²) in [5.41, 5.74) is 0.407. The SMILES string of the molecule is Fc1cccc(N2CCCC(NCC3CCCCC3)C2)c1F. The van der Waals surface area contributed by atoms with E-state index in [2.05, 4.69) is 5.32 Å². The Labute approximate surface area is 131 Å². The van der Waals surface area contributed by atoms with Gasteiger partial charge in [0, 0.05) is 19.1 Å².